The molecule has 0 radical (unpaired) electrons. The summed E-state index contributed by atoms with van der Waals surface area (Å²) in [7, 11) is 0. The highest BCUT2D eigenvalue weighted by atomic mass is 16.6. The van der Waals surface area contributed by atoms with Gasteiger partial charge in [0.2, 0.25) is 5.91 Å². The predicted octanol–water partition coefficient (Wildman–Crippen LogP) is 5.04. The van der Waals surface area contributed by atoms with Crippen LogP contribution in [-0.2, 0) is 33.7 Å². The molecule has 2 heterocycles. The Morgan fingerprint density at radius 2 is 1.76 bits per heavy atom. The molecule has 8 nitrogen and oxygen atoms in total. The van der Waals surface area contributed by atoms with Crippen molar-refractivity contribution in [3.8, 4) is 11.1 Å². The van der Waals surface area contributed by atoms with Crippen LogP contribution in [0.2, 0.25) is 0 Å². The van der Waals surface area contributed by atoms with Gasteiger partial charge in [-0.1, -0.05) is 49.4 Å². The maximum absolute atomic E-state index is 12.8. The first-order chi connectivity index (χ1) is 18.0. The maximum Gasteiger partial charge on any atom is 0.339 e. The fourth-order valence-electron chi connectivity index (χ4n) is 4.96. The first-order valence-electron chi connectivity index (χ1n) is 13.0. The third kappa shape index (κ3) is 5.64. The molecule has 0 saturated heterocycles. The Hall–Kier alpha value is -3.94. The van der Waals surface area contributed by atoms with Crippen LogP contribution in [0.1, 0.15) is 80.2 Å². The zero-order valence-electron chi connectivity index (χ0n) is 22.7. The number of carbonyl (C=O) groups excluding carboxylic acids is 2. The zero-order valence-corrected chi connectivity index (χ0v) is 22.7. The van der Waals surface area contributed by atoms with Crippen molar-refractivity contribution in [2.75, 3.05) is 6.54 Å². The molecule has 1 aliphatic heterocycles. The van der Waals surface area contributed by atoms with E-state index in [9.17, 15) is 19.5 Å². The van der Waals surface area contributed by atoms with Crippen molar-refractivity contribution in [3.63, 3.8) is 0 Å². The molecule has 0 bridgehead atoms. The highest BCUT2D eigenvalue weighted by molar-refractivity contribution is 5.97. The Kier molecular flexibility index (Phi) is 7.71. The first kappa shape index (κ1) is 27.1. The molecule has 0 aliphatic carbocycles. The summed E-state index contributed by atoms with van der Waals surface area (Å²) < 4.78 is 7.57. The second-order valence-electron chi connectivity index (χ2n) is 10.6. The van der Waals surface area contributed by atoms with Gasteiger partial charge in [-0.25, -0.2) is 14.6 Å². The molecule has 0 spiro atoms. The van der Waals surface area contributed by atoms with Gasteiger partial charge in [0.25, 0.3) is 0 Å². The quantitative estimate of drug-likeness (QED) is 0.441. The van der Waals surface area contributed by atoms with Crippen molar-refractivity contribution in [3.05, 3.63) is 76.9 Å². The molecule has 0 saturated carbocycles. The van der Waals surface area contributed by atoms with Crippen molar-refractivity contribution in [1.82, 2.24) is 14.5 Å². The van der Waals surface area contributed by atoms with E-state index in [2.05, 4.69) is 6.92 Å². The standard InChI is InChI=1S/C30H35N3O5/c1-6-9-25-31-24-16-17-32(19(2)34)27(28(35)36)26(24)33(25)18-20-12-14-21(15-13-20)22-10-7-8-11-23(22)29(37)38-30(3,4)5/h7-8,10-15,27H,6,9,16-18H2,1-5H3,(H,35,36). The summed E-state index contributed by atoms with van der Waals surface area (Å²) in [6, 6.07) is 14.2. The summed E-state index contributed by atoms with van der Waals surface area (Å²) in [5.74, 6) is -0.866. The number of imidazole rings is 1. The lowest BCUT2D eigenvalue weighted by molar-refractivity contribution is -0.150. The fraction of sp³-hybridized carbons (Fsp3) is 0.400. The Morgan fingerprint density at radius 1 is 1.08 bits per heavy atom. The Balaban J connectivity index is 1.68. The highest BCUT2D eigenvalue weighted by Crippen LogP contribution is 2.33. The van der Waals surface area contributed by atoms with Gasteiger partial charge in [0, 0.05) is 32.9 Å². The minimum Gasteiger partial charge on any atom is -0.479 e. The molecule has 2 aromatic carbocycles. The number of carbonyl (C=O) groups is 3. The molecule has 38 heavy (non-hydrogen) atoms. The lowest BCUT2D eigenvalue weighted by atomic mass is 9.98. The van der Waals surface area contributed by atoms with E-state index in [4.69, 9.17) is 9.72 Å². The van der Waals surface area contributed by atoms with Crippen LogP contribution >= 0.6 is 0 Å². The van der Waals surface area contributed by atoms with Crippen molar-refractivity contribution < 1.29 is 24.2 Å². The molecule has 0 fully saturated rings. The van der Waals surface area contributed by atoms with Crippen molar-refractivity contribution in [2.24, 2.45) is 0 Å². The number of hydrogen-bond acceptors (Lipinski definition) is 5. The Morgan fingerprint density at radius 3 is 2.37 bits per heavy atom. The Bertz CT molecular complexity index is 1350. The van der Waals surface area contributed by atoms with E-state index < -0.39 is 17.6 Å². The minimum atomic E-state index is -1.06. The monoisotopic (exact) mass is 517 g/mol. The van der Waals surface area contributed by atoms with Gasteiger partial charge < -0.3 is 19.3 Å². The molecule has 1 aromatic heterocycles. The van der Waals surface area contributed by atoms with Crippen LogP contribution in [0, 0.1) is 0 Å². The van der Waals surface area contributed by atoms with Crippen LogP contribution in [-0.4, -0.2) is 49.5 Å². The fourth-order valence-corrected chi connectivity index (χ4v) is 4.96. The van der Waals surface area contributed by atoms with Crippen molar-refractivity contribution in [2.45, 2.75) is 72.1 Å². The number of aliphatic carboxylic acids is 1. The normalized spacial score (nSPS) is 15.2. The van der Waals surface area contributed by atoms with Crippen LogP contribution < -0.4 is 0 Å². The van der Waals surface area contributed by atoms with E-state index in [0.717, 1.165) is 34.6 Å². The van der Waals surface area contributed by atoms with E-state index >= 15 is 0 Å². The minimum absolute atomic E-state index is 0.263. The van der Waals surface area contributed by atoms with Gasteiger partial charge in [0.1, 0.15) is 11.4 Å². The van der Waals surface area contributed by atoms with Gasteiger partial charge in [0.05, 0.1) is 17.0 Å². The summed E-state index contributed by atoms with van der Waals surface area (Å²) in [5, 5.41) is 10.1. The third-order valence-electron chi connectivity index (χ3n) is 6.59. The summed E-state index contributed by atoms with van der Waals surface area (Å²) in [4.78, 5) is 43.6. The molecule has 1 aliphatic rings. The molecule has 1 N–H and O–H groups in total. The number of carboxylic acids is 1. The molecule has 1 atom stereocenters. The first-order valence-corrected chi connectivity index (χ1v) is 13.0. The SMILES string of the molecule is CCCc1nc2c(n1Cc1ccc(-c3ccccc3C(=O)OC(C)(C)C)cc1)C(C(=O)O)N(C(C)=O)CC2. The molecule has 1 amide bonds. The third-order valence-corrected chi connectivity index (χ3v) is 6.59. The number of nitrogens with zero attached hydrogens (tertiary/aromatic N) is 3. The van der Waals surface area contributed by atoms with E-state index in [0.29, 0.717) is 37.2 Å². The average Bonchev–Trinajstić information content (AvgIpc) is 3.19. The summed E-state index contributed by atoms with van der Waals surface area (Å²) >= 11 is 0. The Labute approximate surface area is 223 Å². The number of benzene rings is 2. The molecule has 1 unspecified atom stereocenters. The van der Waals surface area contributed by atoms with Gasteiger partial charge >= 0.3 is 11.9 Å². The predicted molar refractivity (Wildman–Crippen MR) is 144 cm³/mol. The second-order valence-corrected chi connectivity index (χ2v) is 10.6. The van der Waals surface area contributed by atoms with Gasteiger partial charge in [0.15, 0.2) is 6.04 Å². The van der Waals surface area contributed by atoms with E-state index in [1.54, 1.807) is 6.07 Å². The zero-order chi connectivity index (χ0) is 27.6. The topological polar surface area (TPSA) is 102 Å². The number of rotatable bonds is 7. The van der Waals surface area contributed by atoms with Gasteiger partial charge in [-0.3, -0.25) is 4.79 Å². The van der Waals surface area contributed by atoms with E-state index in [-0.39, 0.29) is 11.9 Å². The molecule has 3 aromatic rings. The van der Waals surface area contributed by atoms with Crippen molar-refractivity contribution in [1.29, 1.82) is 0 Å². The van der Waals surface area contributed by atoms with Crippen LogP contribution in [0.3, 0.4) is 0 Å². The number of fused-ring (bicyclic) bond motifs is 1. The van der Waals surface area contributed by atoms with Crippen LogP contribution in [0.25, 0.3) is 11.1 Å². The lowest BCUT2D eigenvalue weighted by Gasteiger charge is -2.33. The molecule has 4 rings (SSSR count). The number of amides is 1. The van der Waals surface area contributed by atoms with Crippen LogP contribution in [0.4, 0.5) is 0 Å². The second kappa shape index (κ2) is 10.8. The number of carboxylic acid groups (broad SMARTS) is 1. The molecule has 200 valence electrons. The number of hydrogen-bond donors (Lipinski definition) is 1. The molecule has 8 heteroatoms. The van der Waals surface area contributed by atoms with Crippen LogP contribution in [0.5, 0.6) is 0 Å². The smallest absolute Gasteiger partial charge is 0.339 e. The average molecular weight is 518 g/mol. The number of ether oxygens (including phenoxy) is 1. The number of aryl methyl sites for hydroxylation is 1. The number of esters is 1. The summed E-state index contributed by atoms with van der Waals surface area (Å²) in [5.41, 5.74) is 3.86. The number of aromatic nitrogens is 2. The van der Waals surface area contributed by atoms with Gasteiger partial charge in [-0.05, 0) is 49.9 Å². The maximum atomic E-state index is 12.8. The van der Waals surface area contributed by atoms with Crippen LogP contribution in [0.15, 0.2) is 48.5 Å². The highest BCUT2D eigenvalue weighted by Gasteiger charge is 2.39. The van der Waals surface area contributed by atoms with E-state index in [1.165, 1.54) is 11.8 Å². The largest absolute Gasteiger partial charge is 0.479 e. The van der Waals surface area contributed by atoms with Gasteiger partial charge in [-0.2, -0.15) is 0 Å². The molecular formula is C30H35N3O5. The molecular weight excluding hydrogens is 482 g/mol. The van der Waals surface area contributed by atoms with Gasteiger partial charge in [-0.15, -0.1) is 0 Å². The summed E-state index contributed by atoms with van der Waals surface area (Å²) in [6.45, 7) is 9.76. The lowest BCUT2D eigenvalue weighted by Crippen LogP contribution is -2.43. The summed E-state index contributed by atoms with van der Waals surface area (Å²) in [6.07, 6.45) is 2.11. The van der Waals surface area contributed by atoms with Crippen molar-refractivity contribution >= 4 is 17.8 Å². The van der Waals surface area contributed by atoms with E-state index in [1.807, 2.05) is 67.8 Å².